The van der Waals surface area contributed by atoms with Crippen molar-refractivity contribution in [1.29, 1.82) is 0 Å². The predicted octanol–water partition coefficient (Wildman–Crippen LogP) is 2.43. The van der Waals surface area contributed by atoms with E-state index in [-0.39, 0.29) is 21.5 Å². The van der Waals surface area contributed by atoms with Crippen LogP contribution in [0.4, 0.5) is 0 Å². The molecule has 96 valence electrons. The Bertz CT molecular complexity index is 319. The highest BCUT2D eigenvalue weighted by Crippen LogP contribution is 2.24. The van der Waals surface area contributed by atoms with Crippen molar-refractivity contribution in [2.75, 3.05) is 18.1 Å². The molecule has 1 fully saturated rings. The van der Waals surface area contributed by atoms with Gasteiger partial charge >= 0.3 is 0 Å². The van der Waals surface area contributed by atoms with E-state index in [1.165, 1.54) is 0 Å². The zero-order chi connectivity index (χ0) is 12.4. The third-order valence-corrected chi connectivity index (χ3v) is 6.18. The SMILES string of the molecule is CC(C)(C)CCCOC1CS(=O)(=O)CC1I. The third kappa shape index (κ3) is 5.31. The van der Waals surface area contributed by atoms with Crippen molar-refractivity contribution in [2.24, 2.45) is 5.41 Å². The van der Waals surface area contributed by atoms with Gasteiger partial charge in [0, 0.05) is 6.61 Å². The van der Waals surface area contributed by atoms with Crippen molar-refractivity contribution in [3.05, 3.63) is 0 Å². The lowest BCUT2D eigenvalue weighted by Gasteiger charge is -2.19. The zero-order valence-electron chi connectivity index (χ0n) is 10.2. The summed E-state index contributed by atoms with van der Waals surface area (Å²) in [5.41, 5.74) is 0.328. The fraction of sp³-hybridized carbons (Fsp3) is 1.00. The fourth-order valence-corrected chi connectivity index (χ4v) is 5.88. The van der Waals surface area contributed by atoms with E-state index < -0.39 is 9.84 Å². The molecule has 1 aliphatic rings. The minimum Gasteiger partial charge on any atom is -0.376 e. The molecular formula is C11H21IO3S. The Balaban J connectivity index is 2.24. The van der Waals surface area contributed by atoms with Gasteiger partial charge < -0.3 is 4.74 Å². The first-order valence-electron chi connectivity index (χ1n) is 5.66. The molecule has 1 saturated heterocycles. The monoisotopic (exact) mass is 360 g/mol. The van der Waals surface area contributed by atoms with Crippen LogP contribution in [-0.2, 0) is 14.6 Å². The second-order valence-corrected chi connectivity index (χ2v) is 9.42. The summed E-state index contributed by atoms with van der Waals surface area (Å²) in [5.74, 6) is 0.480. The maximum atomic E-state index is 11.4. The molecule has 2 atom stereocenters. The highest BCUT2D eigenvalue weighted by atomic mass is 127. The van der Waals surface area contributed by atoms with Gasteiger partial charge in [0.2, 0.25) is 0 Å². The molecule has 0 aromatic rings. The topological polar surface area (TPSA) is 43.4 Å². The molecular weight excluding hydrogens is 339 g/mol. The number of sulfone groups is 1. The van der Waals surface area contributed by atoms with E-state index in [9.17, 15) is 8.42 Å². The molecule has 5 heteroatoms. The Morgan fingerprint density at radius 3 is 2.38 bits per heavy atom. The van der Waals surface area contributed by atoms with E-state index in [0.29, 0.717) is 12.0 Å². The summed E-state index contributed by atoms with van der Waals surface area (Å²) < 4.78 is 28.5. The molecule has 0 aromatic carbocycles. The molecule has 0 spiro atoms. The molecule has 1 rings (SSSR count). The molecule has 0 saturated carbocycles. The van der Waals surface area contributed by atoms with Crippen LogP contribution in [-0.4, -0.2) is 36.6 Å². The molecule has 2 unspecified atom stereocenters. The molecule has 0 aromatic heterocycles. The van der Waals surface area contributed by atoms with Crippen molar-refractivity contribution in [2.45, 2.75) is 43.6 Å². The predicted molar refractivity (Wildman–Crippen MR) is 74.9 cm³/mol. The number of hydrogen-bond acceptors (Lipinski definition) is 3. The van der Waals surface area contributed by atoms with E-state index in [4.69, 9.17) is 4.74 Å². The normalized spacial score (nSPS) is 29.5. The summed E-state index contributed by atoms with van der Waals surface area (Å²) in [5, 5.41) is 0. The van der Waals surface area contributed by atoms with Crippen LogP contribution in [0.25, 0.3) is 0 Å². The van der Waals surface area contributed by atoms with Gasteiger partial charge in [0.25, 0.3) is 0 Å². The highest BCUT2D eigenvalue weighted by Gasteiger charge is 2.36. The average Bonchev–Trinajstić information content (AvgIpc) is 2.32. The molecule has 0 N–H and O–H groups in total. The minimum absolute atomic E-state index is 0.0921. The second-order valence-electron chi connectivity index (χ2n) is 5.67. The van der Waals surface area contributed by atoms with Gasteiger partial charge in [-0.3, -0.25) is 0 Å². The van der Waals surface area contributed by atoms with Crippen molar-refractivity contribution < 1.29 is 13.2 Å². The van der Waals surface area contributed by atoms with Crippen LogP contribution in [0.1, 0.15) is 33.6 Å². The summed E-state index contributed by atoms with van der Waals surface area (Å²) in [6, 6.07) is 0. The van der Waals surface area contributed by atoms with Crippen molar-refractivity contribution >= 4 is 32.4 Å². The van der Waals surface area contributed by atoms with Crippen LogP contribution in [0.5, 0.6) is 0 Å². The summed E-state index contributed by atoms with van der Waals surface area (Å²) in [6.45, 7) is 7.29. The van der Waals surface area contributed by atoms with Gasteiger partial charge in [-0.2, -0.15) is 0 Å². The molecule has 0 bridgehead atoms. The zero-order valence-corrected chi connectivity index (χ0v) is 13.2. The van der Waals surface area contributed by atoms with Crippen LogP contribution >= 0.6 is 22.6 Å². The maximum absolute atomic E-state index is 11.4. The van der Waals surface area contributed by atoms with Crippen LogP contribution in [0.3, 0.4) is 0 Å². The highest BCUT2D eigenvalue weighted by molar-refractivity contribution is 14.1. The number of ether oxygens (including phenoxy) is 1. The lowest BCUT2D eigenvalue weighted by atomic mass is 9.91. The number of halogens is 1. The lowest BCUT2D eigenvalue weighted by molar-refractivity contribution is 0.0693. The van der Waals surface area contributed by atoms with Crippen LogP contribution < -0.4 is 0 Å². The number of hydrogen-bond donors (Lipinski definition) is 0. The average molecular weight is 360 g/mol. The number of alkyl halides is 1. The summed E-state index contributed by atoms with van der Waals surface area (Å²) in [6.07, 6.45) is 2.02. The van der Waals surface area contributed by atoms with Crippen LogP contribution in [0, 0.1) is 5.41 Å². The minimum atomic E-state index is -2.84. The van der Waals surface area contributed by atoms with E-state index >= 15 is 0 Å². The molecule has 3 nitrogen and oxygen atoms in total. The first kappa shape index (κ1) is 14.7. The first-order chi connectivity index (χ1) is 7.20. The quantitative estimate of drug-likeness (QED) is 0.439. The third-order valence-electron chi connectivity index (χ3n) is 2.64. The van der Waals surface area contributed by atoms with Gasteiger partial charge in [0.05, 0.1) is 21.5 Å². The Morgan fingerprint density at radius 2 is 1.94 bits per heavy atom. The lowest BCUT2D eigenvalue weighted by Crippen LogP contribution is -2.23. The first-order valence-corrected chi connectivity index (χ1v) is 8.72. The van der Waals surface area contributed by atoms with Crippen molar-refractivity contribution in [3.8, 4) is 0 Å². The largest absolute Gasteiger partial charge is 0.376 e. The summed E-state index contributed by atoms with van der Waals surface area (Å²) in [4.78, 5) is 0. The standard InChI is InChI=1S/C11H21IO3S/c1-11(2,3)5-4-6-15-10-8-16(13,14)7-9(10)12/h9-10H,4-8H2,1-3H3. The smallest absolute Gasteiger partial charge is 0.154 e. The van der Waals surface area contributed by atoms with Crippen LogP contribution in [0.15, 0.2) is 0 Å². The molecule has 16 heavy (non-hydrogen) atoms. The fourth-order valence-electron chi connectivity index (χ4n) is 1.76. The van der Waals surface area contributed by atoms with E-state index in [2.05, 4.69) is 43.4 Å². The van der Waals surface area contributed by atoms with Crippen molar-refractivity contribution in [3.63, 3.8) is 0 Å². The number of rotatable bonds is 4. The Kier molecular flexibility index (Phi) is 5.07. The van der Waals surface area contributed by atoms with Crippen LogP contribution in [0.2, 0.25) is 0 Å². The van der Waals surface area contributed by atoms with E-state index in [0.717, 1.165) is 12.8 Å². The molecule has 0 radical (unpaired) electrons. The Labute approximate surface area is 112 Å². The molecule has 1 heterocycles. The van der Waals surface area contributed by atoms with E-state index in [1.54, 1.807) is 0 Å². The summed E-state index contributed by atoms with van der Waals surface area (Å²) >= 11 is 2.18. The molecule has 0 amide bonds. The summed E-state index contributed by atoms with van der Waals surface area (Å²) in [7, 11) is -2.84. The van der Waals surface area contributed by atoms with Crippen molar-refractivity contribution in [1.82, 2.24) is 0 Å². The van der Waals surface area contributed by atoms with E-state index in [1.807, 2.05) is 0 Å². The maximum Gasteiger partial charge on any atom is 0.154 e. The van der Waals surface area contributed by atoms with Gasteiger partial charge in [-0.1, -0.05) is 43.4 Å². The van der Waals surface area contributed by atoms with Gasteiger partial charge in [0.15, 0.2) is 9.84 Å². The van der Waals surface area contributed by atoms with Gasteiger partial charge in [-0.25, -0.2) is 8.42 Å². The van der Waals surface area contributed by atoms with Gasteiger partial charge in [-0.05, 0) is 18.3 Å². The van der Waals surface area contributed by atoms with Gasteiger partial charge in [-0.15, -0.1) is 0 Å². The molecule has 1 aliphatic heterocycles. The Morgan fingerprint density at radius 1 is 1.31 bits per heavy atom. The molecule has 0 aliphatic carbocycles. The second kappa shape index (κ2) is 5.52. The van der Waals surface area contributed by atoms with Gasteiger partial charge in [0.1, 0.15) is 0 Å². The Hall–Kier alpha value is 0.640.